The van der Waals surface area contributed by atoms with Gasteiger partial charge in [0.1, 0.15) is 0 Å². The van der Waals surface area contributed by atoms with Gasteiger partial charge in [-0.2, -0.15) is 0 Å². The maximum atomic E-state index is 12.2. The summed E-state index contributed by atoms with van der Waals surface area (Å²) < 4.78 is 5.76. The number of rotatable bonds is 7. The van der Waals surface area contributed by atoms with Crippen molar-refractivity contribution < 1.29 is 9.21 Å². The minimum atomic E-state index is 0.110. The topological polar surface area (TPSA) is 59.2 Å². The first-order valence-corrected chi connectivity index (χ1v) is 8.35. The quantitative estimate of drug-likeness (QED) is 0.660. The van der Waals surface area contributed by atoms with Crippen LogP contribution in [0.1, 0.15) is 24.3 Å². The van der Waals surface area contributed by atoms with Gasteiger partial charge in [-0.05, 0) is 18.1 Å². The van der Waals surface area contributed by atoms with Crippen LogP contribution in [0.5, 0.6) is 0 Å². The van der Waals surface area contributed by atoms with Gasteiger partial charge in [0, 0.05) is 44.4 Å². The molecule has 0 N–H and O–H groups in total. The lowest BCUT2D eigenvalue weighted by molar-refractivity contribution is -0.130. The van der Waals surface area contributed by atoms with Crippen molar-refractivity contribution in [3.05, 3.63) is 72.5 Å². The normalized spacial score (nSPS) is 10.6. The van der Waals surface area contributed by atoms with Crippen molar-refractivity contribution in [2.45, 2.75) is 25.8 Å². The van der Waals surface area contributed by atoms with Crippen molar-refractivity contribution in [1.29, 1.82) is 0 Å². The third kappa shape index (κ3) is 4.76. The summed E-state index contributed by atoms with van der Waals surface area (Å²) in [6.45, 7) is 0.573. The van der Waals surface area contributed by atoms with Crippen LogP contribution in [0.3, 0.4) is 0 Å². The molecule has 128 valence electrons. The Kier molecular flexibility index (Phi) is 5.57. The summed E-state index contributed by atoms with van der Waals surface area (Å²) in [6.07, 6.45) is 7.08. The molecule has 0 saturated heterocycles. The zero-order valence-electron chi connectivity index (χ0n) is 14.3. The molecule has 0 aliphatic rings. The van der Waals surface area contributed by atoms with Crippen LogP contribution in [0, 0.1) is 0 Å². The second kappa shape index (κ2) is 8.24. The predicted octanol–water partition coefficient (Wildman–Crippen LogP) is 3.72. The molecule has 5 nitrogen and oxygen atoms in total. The van der Waals surface area contributed by atoms with E-state index in [0.717, 1.165) is 16.9 Å². The van der Waals surface area contributed by atoms with Gasteiger partial charge in [0.05, 0.1) is 6.20 Å². The van der Waals surface area contributed by atoms with Gasteiger partial charge in [0.25, 0.3) is 0 Å². The van der Waals surface area contributed by atoms with Crippen LogP contribution in [-0.4, -0.2) is 27.8 Å². The van der Waals surface area contributed by atoms with Crippen LogP contribution in [0.4, 0.5) is 0 Å². The van der Waals surface area contributed by atoms with E-state index in [0.29, 0.717) is 31.7 Å². The van der Waals surface area contributed by atoms with Gasteiger partial charge in [-0.3, -0.25) is 9.78 Å². The Hall–Kier alpha value is -2.95. The summed E-state index contributed by atoms with van der Waals surface area (Å²) in [5.74, 6) is 1.54. The molecule has 5 heteroatoms. The SMILES string of the molecule is CN(Cc1cccnc1)C(=O)CCCc1ncc(-c2ccccc2)o1. The van der Waals surface area contributed by atoms with Gasteiger partial charge >= 0.3 is 0 Å². The largest absolute Gasteiger partial charge is 0.441 e. The summed E-state index contributed by atoms with van der Waals surface area (Å²) in [6, 6.07) is 13.7. The van der Waals surface area contributed by atoms with Crippen molar-refractivity contribution in [1.82, 2.24) is 14.9 Å². The van der Waals surface area contributed by atoms with Crippen LogP contribution >= 0.6 is 0 Å². The number of hydrogen-bond acceptors (Lipinski definition) is 4. The summed E-state index contributed by atoms with van der Waals surface area (Å²) in [5.41, 5.74) is 2.03. The Morgan fingerprint density at radius 3 is 2.72 bits per heavy atom. The number of pyridine rings is 1. The fourth-order valence-electron chi connectivity index (χ4n) is 2.60. The molecule has 0 aliphatic carbocycles. The van der Waals surface area contributed by atoms with Gasteiger partial charge in [-0.1, -0.05) is 36.4 Å². The number of nitrogens with zero attached hydrogens (tertiary/aromatic N) is 3. The lowest BCUT2D eigenvalue weighted by atomic mass is 10.2. The Morgan fingerprint density at radius 1 is 1.12 bits per heavy atom. The molecule has 2 aromatic heterocycles. The molecule has 0 saturated carbocycles. The molecule has 0 unspecified atom stereocenters. The smallest absolute Gasteiger partial charge is 0.222 e. The van der Waals surface area contributed by atoms with Crippen LogP contribution in [0.25, 0.3) is 11.3 Å². The number of benzene rings is 1. The number of hydrogen-bond donors (Lipinski definition) is 0. The second-order valence-corrected chi connectivity index (χ2v) is 5.95. The van der Waals surface area contributed by atoms with Gasteiger partial charge in [-0.15, -0.1) is 0 Å². The van der Waals surface area contributed by atoms with E-state index in [1.807, 2.05) is 49.5 Å². The summed E-state index contributed by atoms with van der Waals surface area (Å²) in [4.78, 5) is 22.3. The molecule has 3 rings (SSSR count). The van der Waals surface area contributed by atoms with Crippen molar-refractivity contribution in [2.24, 2.45) is 0 Å². The van der Waals surface area contributed by atoms with E-state index in [1.54, 1.807) is 23.5 Å². The maximum absolute atomic E-state index is 12.2. The van der Waals surface area contributed by atoms with Gasteiger partial charge in [0.2, 0.25) is 5.91 Å². The molecule has 0 spiro atoms. The molecule has 1 aromatic carbocycles. The molecule has 1 amide bonds. The minimum absolute atomic E-state index is 0.110. The van der Waals surface area contributed by atoms with E-state index in [-0.39, 0.29) is 5.91 Å². The van der Waals surface area contributed by atoms with E-state index >= 15 is 0 Å². The van der Waals surface area contributed by atoms with Crippen LogP contribution in [0.2, 0.25) is 0 Å². The summed E-state index contributed by atoms with van der Waals surface area (Å²) >= 11 is 0. The first-order valence-electron chi connectivity index (χ1n) is 8.35. The van der Waals surface area contributed by atoms with E-state index in [1.165, 1.54) is 0 Å². The fourth-order valence-corrected chi connectivity index (χ4v) is 2.60. The third-order valence-electron chi connectivity index (χ3n) is 3.96. The molecule has 0 radical (unpaired) electrons. The average molecular weight is 335 g/mol. The third-order valence-corrected chi connectivity index (χ3v) is 3.96. The highest BCUT2D eigenvalue weighted by Crippen LogP contribution is 2.20. The van der Waals surface area contributed by atoms with Crippen LogP contribution in [-0.2, 0) is 17.8 Å². The summed E-state index contributed by atoms with van der Waals surface area (Å²) in [7, 11) is 1.81. The van der Waals surface area contributed by atoms with E-state index in [9.17, 15) is 4.79 Å². The standard InChI is InChI=1S/C20H21N3O2/c1-23(15-16-7-6-12-21-13-16)20(24)11-5-10-19-22-14-18(25-19)17-8-3-2-4-9-17/h2-4,6-9,12-14H,5,10-11,15H2,1H3. The van der Waals surface area contributed by atoms with Gasteiger partial charge < -0.3 is 9.32 Å². The zero-order chi connectivity index (χ0) is 17.5. The van der Waals surface area contributed by atoms with Crippen LogP contribution < -0.4 is 0 Å². The number of carbonyl (C=O) groups is 1. The molecule has 0 bridgehead atoms. The highest BCUT2D eigenvalue weighted by Gasteiger charge is 2.11. The van der Waals surface area contributed by atoms with Crippen molar-refractivity contribution >= 4 is 5.91 Å². The molecule has 0 fully saturated rings. The molecule has 0 aliphatic heterocycles. The van der Waals surface area contributed by atoms with Gasteiger partial charge in [0.15, 0.2) is 11.7 Å². The number of carbonyl (C=O) groups excluding carboxylic acids is 1. The Morgan fingerprint density at radius 2 is 1.96 bits per heavy atom. The van der Waals surface area contributed by atoms with Crippen molar-refractivity contribution in [2.75, 3.05) is 7.05 Å². The summed E-state index contributed by atoms with van der Waals surface area (Å²) in [5, 5.41) is 0. The van der Waals surface area contributed by atoms with E-state index in [4.69, 9.17) is 4.42 Å². The molecular formula is C20H21N3O2. The Labute approximate surface area is 147 Å². The number of aromatic nitrogens is 2. The molecule has 0 atom stereocenters. The molecular weight excluding hydrogens is 314 g/mol. The van der Waals surface area contributed by atoms with E-state index < -0.39 is 0 Å². The van der Waals surface area contributed by atoms with Gasteiger partial charge in [-0.25, -0.2) is 4.98 Å². The highest BCUT2D eigenvalue weighted by molar-refractivity contribution is 5.75. The predicted molar refractivity (Wildman–Crippen MR) is 95.6 cm³/mol. The number of oxazole rings is 1. The average Bonchev–Trinajstić information content (AvgIpc) is 3.12. The van der Waals surface area contributed by atoms with Crippen LogP contribution in [0.15, 0.2) is 65.5 Å². The Bertz CT molecular complexity index is 800. The molecule has 2 heterocycles. The first kappa shape index (κ1) is 16.9. The second-order valence-electron chi connectivity index (χ2n) is 5.95. The fraction of sp³-hybridized carbons (Fsp3) is 0.250. The van der Waals surface area contributed by atoms with Crippen molar-refractivity contribution in [3.63, 3.8) is 0 Å². The van der Waals surface area contributed by atoms with Crippen molar-refractivity contribution in [3.8, 4) is 11.3 Å². The molecule has 3 aromatic rings. The highest BCUT2D eigenvalue weighted by atomic mass is 16.4. The monoisotopic (exact) mass is 335 g/mol. The lowest BCUT2D eigenvalue weighted by Crippen LogP contribution is -2.26. The maximum Gasteiger partial charge on any atom is 0.222 e. The molecule has 25 heavy (non-hydrogen) atoms. The lowest BCUT2D eigenvalue weighted by Gasteiger charge is -2.16. The van der Waals surface area contributed by atoms with E-state index in [2.05, 4.69) is 9.97 Å². The Balaban J connectivity index is 1.46. The number of aryl methyl sites for hydroxylation is 1. The first-order chi connectivity index (χ1) is 12.2. The minimum Gasteiger partial charge on any atom is -0.441 e. The zero-order valence-corrected chi connectivity index (χ0v) is 14.3. The number of amides is 1.